The second-order valence-electron chi connectivity index (χ2n) is 3.53. The molecule has 5 heteroatoms. The second kappa shape index (κ2) is 5.04. The SMILES string of the molecule is COc1csc(C(N)c2cc(F)ccc2Cl)c1. The van der Waals surface area contributed by atoms with Crippen molar-refractivity contribution in [1.29, 1.82) is 0 Å². The maximum absolute atomic E-state index is 13.2. The summed E-state index contributed by atoms with van der Waals surface area (Å²) in [5, 5.41) is 2.31. The molecule has 0 aliphatic heterocycles. The van der Waals surface area contributed by atoms with Crippen molar-refractivity contribution in [1.82, 2.24) is 0 Å². The number of rotatable bonds is 3. The van der Waals surface area contributed by atoms with Crippen molar-refractivity contribution in [3.8, 4) is 5.75 Å². The van der Waals surface area contributed by atoms with Crippen LogP contribution in [0, 0.1) is 5.82 Å². The van der Waals surface area contributed by atoms with Crippen LogP contribution >= 0.6 is 22.9 Å². The van der Waals surface area contributed by atoms with Crippen LogP contribution in [0.5, 0.6) is 5.75 Å². The molecule has 17 heavy (non-hydrogen) atoms. The molecule has 1 atom stereocenters. The summed E-state index contributed by atoms with van der Waals surface area (Å²) in [5.74, 6) is 0.399. The molecule has 2 rings (SSSR count). The van der Waals surface area contributed by atoms with Crippen LogP contribution in [-0.4, -0.2) is 7.11 Å². The zero-order valence-electron chi connectivity index (χ0n) is 9.11. The minimum atomic E-state index is -0.438. The van der Waals surface area contributed by atoms with Gasteiger partial charge in [-0.3, -0.25) is 0 Å². The van der Waals surface area contributed by atoms with E-state index < -0.39 is 6.04 Å². The van der Waals surface area contributed by atoms with E-state index in [-0.39, 0.29) is 5.82 Å². The molecule has 1 heterocycles. The molecule has 0 saturated carbocycles. The molecule has 0 bridgehead atoms. The fraction of sp³-hybridized carbons (Fsp3) is 0.167. The first-order valence-electron chi connectivity index (χ1n) is 4.94. The van der Waals surface area contributed by atoms with E-state index >= 15 is 0 Å². The van der Waals surface area contributed by atoms with Gasteiger partial charge in [0.15, 0.2) is 0 Å². The summed E-state index contributed by atoms with van der Waals surface area (Å²) < 4.78 is 18.2. The molecule has 0 aliphatic carbocycles. The van der Waals surface area contributed by atoms with Gasteiger partial charge >= 0.3 is 0 Å². The fourth-order valence-electron chi connectivity index (χ4n) is 1.51. The van der Waals surface area contributed by atoms with Gasteiger partial charge in [0.1, 0.15) is 11.6 Å². The first-order chi connectivity index (χ1) is 8.11. The third-order valence-corrected chi connectivity index (χ3v) is 3.77. The lowest BCUT2D eigenvalue weighted by Gasteiger charge is -2.11. The van der Waals surface area contributed by atoms with Crippen molar-refractivity contribution in [2.45, 2.75) is 6.04 Å². The molecule has 1 unspecified atom stereocenters. The van der Waals surface area contributed by atoms with Gasteiger partial charge in [-0.15, -0.1) is 11.3 Å². The van der Waals surface area contributed by atoms with Crippen LogP contribution in [0.4, 0.5) is 4.39 Å². The standard InChI is InChI=1S/C12H11ClFNOS/c1-16-8-5-11(17-6-8)12(15)9-4-7(14)2-3-10(9)13/h2-6,12H,15H2,1H3. The van der Waals surface area contributed by atoms with Crippen LogP contribution in [0.1, 0.15) is 16.5 Å². The molecule has 2 aromatic rings. The average molecular weight is 272 g/mol. The molecule has 90 valence electrons. The molecule has 1 aromatic heterocycles. The molecule has 2 N–H and O–H groups in total. The number of ether oxygens (including phenoxy) is 1. The summed E-state index contributed by atoms with van der Waals surface area (Å²) in [4.78, 5) is 0.884. The van der Waals surface area contributed by atoms with Gasteiger partial charge in [0.25, 0.3) is 0 Å². The van der Waals surface area contributed by atoms with Crippen LogP contribution in [0.2, 0.25) is 5.02 Å². The third-order valence-electron chi connectivity index (χ3n) is 2.43. The third kappa shape index (κ3) is 2.60. The molecule has 0 saturated heterocycles. The molecule has 0 fully saturated rings. The Balaban J connectivity index is 2.35. The Morgan fingerprint density at radius 1 is 1.41 bits per heavy atom. The molecule has 0 amide bonds. The highest BCUT2D eigenvalue weighted by molar-refractivity contribution is 7.10. The van der Waals surface area contributed by atoms with Crippen molar-refractivity contribution >= 4 is 22.9 Å². The van der Waals surface area contributed by atoms with E-state index in [1.54, 1.807) is 7.11 Å². The molecule has 0 radical (unpaired) electrons. The van der Waals surface area contributed by atoms with E-state index in [4.69, 9.17) is 22.1 Å². The second-order valence-corrected chi connectivity index (χ2v) is 4.88. The average Bonchev–Trinajstić information content (AvgIpc) is 2.80. The van der Waals surface area contributed by atoms with Gasteiger partial charge in [0.2, 0.25) is 0 Å². The van der Waals surface area contributed by atoms with Gasteiger partial charge in [0.05, 0.1) is 13.2 Å². The number of hydrogen-bond acceptors (Lipinski definition) is 3. The predicted molar refractivity (Wildman–Crippen MR) is 68.3 cm³/mol. The van der Waals surface area contributed by atoms with Gasteiger partial charge in [-0.05, 0) is 29.8 Å². The van der Waals surface area contributed by atoms with Crippen LogP contribution < -0.4 is 10.5 Å². The Bertz CT molecular complexity index is 529. The summed E-state index contributed by atoms with van der Waals surface area (Å²) in [7, 11) is 1.59. The van der Waals surface area contributed by atoms with Gasteiger partial charge in [0, 0.05) is 15.3 Å². The minimum absolute atomic E-state index is 0.344. The number of methoxy groups -OCH3 is 1. The maximum atomic E-state index is 13.2. The van der Waals surface area contributed by atoms with Crippen LogP contribution in [0.3, 0.4) is 0 Å². The fourth-order valence-corrected chi connectivity index (χ4v) is 2.62. The lowest BCUT2D eigenvalue weighted by molar-refractivity contribution is 0.416. The zero-order valence-corrected chi connectivity index (χ0v) is 10.7. The first-order valence-corrected chi connectivity index (χ1v) is 6.20. The minimum Gasteiger partial charge on any atom is -0.496 e. The zero-order chi connectivity index (χ0) is 12.4. The highest BCUT2D eigenvalue weighted by atomic mass is 35.5. The van der Waals surface area contributed by atoms with E-state index in [1.807, 2.05) is 11.4 Å². The number of benzene rings is 1. The molecule has 0 aliphatic rings. The van der Waals surface area contributed by atoms with Crippen molar-refractivity contribution in [2.75, 3.05) is 7.11 Å². The Labute approximate surface area is 108 Å². The van der Waals surface area contributed by atoms with E-state index in [1.165, 1.54) is 29.5 Å². The normalized spacial score (nSPS) is 12.5. The maximum Gasteiger partial charge on any atom is 0.129 e. The van der Waals surface area contributed by atoms with E-state index in [9.17, 15) is 4.39 Å². The lowest BCUT2D eigenvalue weighted by atomic mass is 10.1. The van der Waals surface area contributed by atoms with Crippen molar-refractivity contribution < 1.29 is 9.13 Å². The van der Waals surface area contributed by atoms with Crippen LogP contribution in [0.25, 0.3) is 0 Å². The van der Waals surface area contributed by atoms with Crippen molar-refractivity contribution in [3.63, 3.8) is 0 Å². The highest BCUT2D eigenvalue weighted by Gasteiger charge is 2.15. The Kier molecular flexibility index (Phi) is 3.66. The van der Waals surface area contributed by atoms with Gasteiger partial charge in [-0.1, -0.05) is 11.6 Å². The number of hydrogen-bond donors (Lipinski definition) is 1. The van der Waals surface area contributed by atoms with Gasteiger partial charge in [-0.25, -0.2) is 4.39 Å². The lowest BCUT2D eigenvalue weighted by Crippen LogP contribution is -2.11. The predicted octanol–water partition coefficient (Wildman–Crippen LogP) is 3.60. The quantitative estimate of drug-likeness (QED) is 0.926. The summed E-state index contributed by atoms with van der Waals surface area (Å²) in [6.45, 7) is 0. The van der Waals surface area contributed by atoms with Crippen molar-refractivity contribution in [2.24, 2.45) is 5.73 Å². The number of nitrogens with two attached hydrogens (primary N) is 1. The number of halogens is 2. The van der Waals surface area contributed by atoms with E-state index in [0.29, 0.717) is 10.6 Å². The smallest absolute Gasteiger partial charge is 0.129 e. The molecule has 0 spiro atoms. The summed E-state index contributed by atoms with van der Waals surface area (Å²) >= 11 is 7.47. The molecule has 1 aromatic carbocycles. The monoisotopic (exact) mass is 271 g/mol. The Morgan fingerprint density at radius 2 is 2.18 bits per heavy atom. The van der Waals surface area contributed by atoms with Gasteiger partial charge in [-0.2, -0.15) is 0 Å². The van der Waals surface area contributed by atoms with Crippen LogP contribution in [-0.2, 0) is 0 Å². The topological polar surface area (TPSA) is 35.2 Å². The first kappa shape index (κ1) is 12.4. The number of thiophene rings is 1. The molecular formula is C12H11ClFNOS. The van der Waals surface area contributed by atoms with Crippen molar-refractivity contribution in [3.05, 3.63) is 50.9 Å². The summed E-state index contributed by atoms with van der Waals surface area (Å²) in [6.07, 6.45) is 0. The summed E-state index contributed by atoms with van der Waals surface area (Å²) in [5.41, 5.74) is 6.64. The Hall–Kier alpha value is -1.10. The van der Waals surface area contributed by atoms with E-state index in [0.717, 1.165) is 10.6 Å². The molecule has 2 nitrogen and oxygen atoms in total. The summed E-state index contributed by atoms with van der Waals surface area (Å²) in [6, 6.07) is 5.58. The Morgan fingerprint density at radius 3 is 2.82 bits per heavy atom. The van der Waals surface area contributed by atoms with E-state index in [2.05, 4.69) is 0 Å². The van der Waals surface area contributed by atoms with Crippen LogP contribution in [0.15, 0.2) is 29.6 Å². The van der Waals surface area contributed by atoms with Gasteiger partial charge < -0.3 is 10.5 Å². The largest absolute Gasteiger partial charge is 0.496 e. The molecular weight excluding hydrogens is 261 g/mol. The highest BCUT2D eigenvalue weighted by Crippen LogP contribution is 2.32.